The maximum Gasteiger partial charge on any atom is 0.354 e. The van der Waals surface area contributed by atoms with Crippen molar-refractivity contribution in [1.82, 2.24) is 9.97 Å². The predicted octanol–water partition coefficient (Wildman–Crippen LogP) is 3.90. The first kappa shape index (κ1) is 23.7. The number of benzene rings is 2. The third kappa shape index (κ3) is 5.08. The normalized spacial score (nSPS) is 10.9. The van der Waals surface area contributed by atoms with Crippen molar-refractivity contribution in [3.05, 3.63) is 89.4 Å². The molecule has 4 aromatic rings. The molecule has 0 saturated carbocycles. The van der Waals surface area contributed by atoms with E-state index >= 15 is 0 Å². The second-order valence-electron chi connectivity index (χ2n) is 8.00. The largest absolute Gasteiger partial charge is 0.477 e. The lowest BCUT2D eigenvalue weighted by Gasteiger charge is -2.17. The molecule has 9 heteroatoms. The first-order valence-corrected chi connectivity index (χ1v) is 12.0. The summed E-state index contributed by atoms with van der Waals surface area (Å²) in [5.41, 5.74) is 2.97. The van der Waals surface area contributed by atoms with Crippen LogP contribution in [0.25, 0.3) is 10.9 Å². The van der Waals surface area contributed by atoms with Gasteiger partial charge in [0, 0.05) is 43.1 Å². The van der Waals surface area contributed by atoms with E-state index in [1.165, 1.54) is 12.3 Å². The highest BCUT2D eigenvalue weighted by Crippen LogP contribution is 2.29. The molecule has 0 spiro atoms. The summed E-state index contributed by atoms with van der Waals surface area (Å²) in [4.78, 5) is 21.2. The number of carboxylic acids is 1. The summed E-state index contributed by atoms with van der Waals surface area (Å²) in [7, 11) is -0.254. The third-order valence-electron chi connectivity index (χ3n) is 5.28. The number of rotatable bonds is 5. The first-order chi connectivity index (χ1) is 16.7. The Morgan fingerprint density at radius 1 is 1.03 bits per heavy atom. The Kier molecular flexibility index (Phi) is 6.40. The number of anilines is 2. The molecule has 8 nitrogen and oxygen atoms in total. The minimum Gasteiger partial charge on any atom is -0.477 e. The molecular formula is C26H22N4O4S. The Morgan fingerprint density at radius 3 is 2.51 bits per heavy atom. The SMILES string of the molecule is Cc1ccc2cccnc2c1S(=O)(=O)Nc1ccc(N(C)C)cc1C#Cc1ccc(C(=O)O)nc1. The van der Waals surface area contributed by atoms with Gasteiger partial charge in [-0.05, 0) is 48.9 Å². The maximum atomic E-state index is 13.5. The van der Waals surface area contributed by atoms with Crippen molar-refractivity contribution in [2.75, 3.05) is 23.7 Å². The number of aromatic nitrogens is 2. The summed E-state index contributed by atoms with van der Waals surface area (Å²) >= 11 is 0. The Balaban J connectivity index is 1.77. The summed E-state index contributed by atoms with van der Waals surface area (Å²) in [6.45, 7) is 1.73. The van der Waals surface area contributed by atoms with Gasteiger partial charge in [0.15, 0.2) is 0 Å². The molecule has 0 amide bonds. The van der Waals surface area contributed by atoms with Crippen LogP contribution in [-0.4, -0.2) is 43.6 Å². The average molecular weight is 487 g/mol. The molecule has 0 aliphatic carbocycles. The molecule has 0 fully saturated rings. The zero-order chi connectivity index (χ0) is 25.2. The fourth-order valence-corrected chi connectivity index (χ4v) is 4.98. The number of aromatic carboxylic acids is 1. The lowest BCUT2D eigenvalue weighted by molar-refractivity contribution is 0.0690. The van der Waals surface area contributed by atoms with Gasteiger partial charge in [-0.3, -0.25) is 9.71 Å². The molecule has 0 atom stereocenters. The van der Waals surface area contributed by atoms with E-state index in [1.54, 1.807) is 49.5 Å². The molecule has 0 aliphatic rings. The van der Waals surface area contributed by atoms with Crippen molar-refractivity contribution in [1.29, 1.82) is 0 Å². The molecule has 2 aromatic heterocycles. The van der Waals surface area contributed by atoms with Crippen molar-refractivity contribution in [2.45, 2.75) is 11.8 Å². The number of carbonyl (C=O) groups is 1. The summed E-state index contributed by atoms with van der Waals surface area (Å²) in [5.74, 6) is 4.79. The molecule has 2 heterocycles. The summed E-state index contributed by atoms with van der Waals surface area (Å²) < 4.78 is 29.7. The second kappa shape index (κ2) is 9.44. The second-order valence-corrected chi connectivity index (χ2v) is 9.62. The number of aryl methyl sites for hydroxylation is 1. The Morgan fingerprint density at radius 2 is 1.83 bits per heavy atom. The summed E-state index contributed by atoms with van der Waals surface area (Å²) in [6.07, 6.45) is 2.93. The highest BCUT2D eigenvalue weighted by molar-refractivity contribution is 7.93. The molecular weight excluding hydrogens is 464 g/mol. The number of nitrogens with zero attached hydrogens (tertiary/aromatic N) is 3. The lowest BCUT2D eigenvalue weighted by atomic mass is 10.1. The van der Waals surface area contributed by atoms with Crippen LogP contribution >= 0.6 is 0 Å². The number of nitrogens with one attached hydrogen (secondary N) is 1. The van der Waals surface area contributed by atoms with Crippen molar-refractivity contribution in [3.8, 4) is 11.8 Å². The van der Waals surface area contributed by atoms with Gasteiger partial charge in [0.1, 0.15) is 10.6 Å². The standard InChI is InChI=1S/C26H22N4O4S/c1-17-6-9-19-5-4-14-27-24(19)25(17)35(33,34)29-22-13-11-21(30(2)3)15-20(22)10-7-18-8-12-23(26(31)32)28-16-18/h4-6,8-9,11-16,29H,1-3H3,(H,31,32). The molecule has 2 N–H and O–H groups in total. The van der Waals surface area contributed by atoms with Gasteiger partial charge >= 0.3 is 5.97 Å². The van der Waals surface area contributed by atoms with Crippen LogP contribution in [0.15, 0.2) is 71.9 Å². The molecule has 4 rings (SSSR count). The number of sulfonamides is 1. The molecule has 2 aromatic carbocycles. The monoisotopic (exact) mass is 486 g/mol. The number of fused-ring (bicyclic) bond motifs is 1. The number of carboxylic acid groups (broad SMARTS) is 1. The molecule has 176 valence electrons. The van der Waals surface area contributed by atoms with Crippen LogP contribution in [0.2, 0.25) is 0 Å². The minimum atomic E-state index is -4.00. The number of pyridine rings is 2. The van der Waals surface area contributed by atoms with Gasteiger partial charge in [0.25, 0.3) is 10.0 Å². The van der Waals surface area contributed by atoms with Gasteiger partial charge in [-0.2, -0.15) is 0 Å². The summed E-state index contributed by atoms with van der Waals surface area (Å²) in [5, 5.41) is 9.74. The van der Waals surface area contributed by atoms with Crippen LogP contribution in [-0.2, 0) is 10.0 Å². The van der Waals surface area contributed by atoms with Crippen LogP contribution in [0.3, 0.4) is 0 Å². The Hall–Kier alpha value is -4.42. The highest BCUT2D eigenvalue weighted by atomic mass is 32.2. The van der Waals surface area contributed by atoms with Gasteiger partial charge in [-0.25, -0.2) is 18.2 Å². The van der Waals surface area contributed by atoms with E-state index in [-0.39, 0.29) is 10.6 Å². The van der Waals surface area contributed by atoms with Crippen molar-refractivity contribution >= 4 is 38.3 Å². The quantitative estimate of drug-likeness (QED) is 0.411. The number of hydrogen-bond acceptors (Lipinski definition) is 6. The van der Waals surface area contributed by atoms with Gasteiger partial charge in [-0.15, -0.1) is 0 Å². The maximum absolute atomic E-state index is 13.5. The molecule has 0 saturated heterocycles. The Labute approximate surface area is 203 Å². The predicted molar refractivity (Wildman–Crippen MR) is 135 cm³/mol. The molecule has 0 aliphatic heterocycles. The van der Waals surface area contributed by atoms with E-state index in [2.05, 4.69) is 26.5 Å². The first-order valence-electron chi connectivity index (χ1n) is 10.6. The zero-order valence-corrected chi connectivity index (χ0v) is 20.1. The average Bonchev–Trinajstić information content (AvgIpc) is 2.83. The van der Waals surface area contributed by atoms with Crippen LogP contribution in [0.5, 0.6) is 0 Å². The fourth-order valence-electron chi connectivity index (χ4n) is 3.49. The van der Waals surface area contributed by atoms with Crippen LogP contribution < -0.4 is 9.62 Å². The van der Waals surface area contributed by atoms with Gasteiger partial charge in [0.05, 0.1) is 16.8 Å². The van der Waals surface area contributed by atoms with Crippen LogP contribution in [0, 0.1) is 18.8 Å². The summed E-state index contributed by atoms with van der Waals surface area (Å²) in [6, 6.07) is 15.3. The lowest BCUT2D eigenvalue weighted by Crippen LogP contribution is -2.16. The smallest absolute Gasteiger partial charge is 0.354 e. The van der Waals surface area contributed by atoms with Gasteiger partial charge in [-0.1, -0.05) is 30.0 Å². The topological polar surface area (TPSA) is 112 Å². The third-order valence-corrected chi connectivity index (χ3v) is 6.82. The van der Waals surface area contributed by atoms with E-state index in [9.17, 15) is 13.2 Å². The molecule has 0 unspecified atom stereocenters. The molecule has 0 bridgehead atoms. The van der Waals surface area contributed by atoms with Crippen LogP contribution in [0.1, 0.15) is 27.2 Å². The van der Waals surface area contributed by atoms with E-state index < -0.39 is 16.0 Å². The zero-order valence-electron chi connectivity index (χ0n) is 19.3. The van der Waals surface area contributed by atoms with Crippen molar-refractivity contribution in [2.24, 2.45) is 0 Å². The van der Waals surface area contributed by atoms with E-state index in [4.69, 9.17) is 5.11 Å². The Bertz CT molecular complexity index is 1600. The van der Waals surface area contributed by atoms with Crippen molar-refractivity contribution < 1.29 is 18.3 Å². The molecule has 0 radical (unpaired) electrons. The highest BCUT2D eigenvalue weighted by Gasteiger charge is 2.22. The molecule has 35 heavy (non-hydrogen) atoms. The van der Waals surface area contributed by atoms with E-state index in [0.717, 1.165) is 11.1 Å². The fraction of sp³-hybridized carbons (Fsp3) is 0.115. The minimum absolute atomic E-state index is 0.0855. The van der Waals surface area contributed by atoms with Gasteiger partial charge in [0.2, 0.25) is 0 Å². The van der Waals surface area contributed by atoms with Crippen molar-refractivity contribution in [3.63, 3.8) is 0 Å². The number of hydrogen-bond donors (Lipinski definition) is 2. The van der Waals surface area contributed by atoms with E-state index in [1.807, 2.05) is 31.1 Å². The van der Waals surface area contributed by atoms with Crippen LogP contribution in [0.4, 0.5) is 11.4 Å². The van der Waals surface area contributed by atoms with E-state index in [0.29, 0.717) is 27.9 Å². The van der Waals surface area contributed by atoms with Gasteiger partial charge < -0.3 is 10.0 Å².